The van der Waals surface area contributed by atoms with Crippen molar-refractivity contribution >= 4 is 0 Å². The van der Waals surface area contributed by atoms with Crippen LogP contribution in [0.5, 0.6) is 0 Å². The molecule has 0 spiro atoms. The zero-order chi connectivity index (χ0) is 9.80. The normalized spacial score (nSPS) is 24.8. The van der Waals surface area contributed by atoms with Gasteiger partial charge in [-0.1, -0.05) is 0 Å². The monoisotopic (exact) mass is 194 g/mol. The Morgan fingerprint density at radius 3 is 3.21 bits per heavy atom. The van der Waals surface area contributed by atoms with Crippen LogP contribution in [0.3, 0.4) is 0 Å². The molecule has 0 amide bonds. The maximum absolute atomic E-state index is 5.35. The van der Waals surface area contributed by atoms with E-state index in [-0.39, 0.29) is 0 Å². The minimum Gasteiger partial charge on any atom is -0.468 e. The molecule has 1 aromatic heterocycles. The summed E-state index contributed by atoms with van der Waals surface area (Å²) in [5, 5.41) is 6.96. The molecule has 2 heterocycles. The van der Waals surface area contributed by atoms with Gasteiger partial charge in [0, 0.05) is 12.6 Å². The lowest BCUT2D eigenvalue weighted by molar-refractivity contribution is 0.335. The highest BCUT2D eigenvalue weighted by Gasteiger charge is 2.16. The van der Waals surface area contributed by atoms with Gasteiger partial charge >= 0.3 is 0 Å². The molecule has 1 unspecified atom stereocenters. The predicted octanol–water partition coefficient (Wildman–Crippen LogP) is 1.68. The highest BCUT2D eigenvalue weighted by atomic mass is 16.3. The smallest absolute Gasteiger partial charge is 0.120 e. The Morgan fingerprint density at radius 1 is 1.64 bits per heavy atom. The standard InChI is InChI=1S/C11H18N2O/c1-9(11-5-3-7-14-11)13-10-4-2-6-12-8-10/h3,5,7,9-10,12-13H,2,4,6,8H2,1H3/t9-,10?/m0/s1. The molecule has 0 aliphatic carbocycles. The van der Waals surface area contributed by atoms with E-state index >= 15 is 0 Å². The summed E-state index contributed by atoms with van der Waals surface area (Å²) < 4.78 is 5.35. The second-order valence-electron chi connectivity index (χ2n) is 3.95. The summed E-state index contributed by atoms with van der Waals surface area (Å²) in [5.41, 5.74) is 0. The molecule has 0 bridgehead atoms. The van der Waals surface area contributed by atoms with E-state index in [0.717, 1.165) is 18.8 Å². The second kappa shape index (κ2) is 4.62. The van der Waals surface area contributed by atoms with Crippen molar-refractivity contribution in [2.45, 2.75) is 31.8 Å². The molecule has 78 valence electrons. The van der Waals surface area contributed by atoms with E-state index in [1.807, 2.05) is 12.1 Å². The molecule has 0 radical (unpaired) electrons. The van der Waals surface area contributed by atoms with Crippen molar-refractivity contribution in [2.75, 3.05) is 13.1 Å². The molecule has 2 atom stereocenters. The van der Waals surface area contributed by atoms with E-state index in [4.69, 9.17) is 4.42 Å². The van der Waals surface area contributed by atoms with Crippen LogP contribution in [0.4, 0.5) is 0 Å². The largest absolute Gasteiger partial charge is 0.468 e. The van der Waals surface area contributed by atoms with Crippen molar-refractivity contribution in [1.29, 1.82) is 0 Å². The molecule has 1 aromatic rings. The van der Waals surface area contributed by atoms with E-state index < -0.39 is 0 Å². The van der Waals surface area contributed by atoms with Crippen LogP contribution in [0.2, 0.25) is 0 Å². The fourth-order valence-corrected chi connectivity index (χ4v) is 1.97. The van der Waals surface area contributed by atoms with Crippen LogP contribution in [0.15, 0.2) is 22.8 Å². The Bertz CT molecular complexity index is 252. The number of rotatable bonds is 3. The van der Waals surface area contributed by atoms with E-state index in [2.05, 4.69) is 17.6 Å². The Hall–Kier alpha value is -0.800. The third-order valence-corrected chi connectivity index (χ3v) is 2.75. The van der Waals surface area contributed by atoms with Gasteiger partial charge < -0.3 is 15.1 Å². The second-order valence-corrected chi connectivity index (χ2v) is 3.95. The third kappa shape index (κ3) is 2.36. The first-order valence-corrected chi connectivity index (χ1v) is 5.36. The van der Waals surface area contributed by atoms with Crippen LogP contribution in [-0.2, 0) is 0 Å². The zero-order valence-corrected chi connectivity index (χ0v) is 8.62. The van der Waals surface area contributed by atoms with Gasteiger partial charge in [-0.3, -0.25) is 0 Å². The van der Waals surface area contributed by atoms with E-state index in [1.165, 1.54) is 12.8 Å². The average Bonchev–Trinajstić information content (AvgIpc) is 2.72. The molecule has 3 heteroatoms. The zero-order valence-electron chi connectivity index (χ0n) is 8.62. The lowest BCUT2D eigenvalue weighted by Gasteiger charge is -2.26. The fourth-order valence-electron chi connectivity index (χ4n) is 1.97. The lowest BCUT2D eigenvalue weighted by atomic mass is 10.1. The van der Waals surface area contributed by atoms with Gasteiger partial charge in [-0.05, 0) is 38.4 Å². The molecule has 1 aliphatic heterocycles. The van der Waals surface area contributed by atoms with Gasteiger partial charge in [0.2, 0.25) is 0 Å². The molecular formula is C11H18N2O. The first-order chi connectivity index (χ1) is 6.86. The van der Waals surface area contributed by atoms with E-state index in [9.17, 15) is 0 Å². The Kier molecular flexibility index (Phi) is 3.22. The minimum absolute atomic E-state index is 0.315. The number of hydrogen-bond acceptors (Lipinski definition) is 3. The van der Waals surface area contributed by atoms with Crippen LogP contribution in [0, 0.1) is 0 Å². The number of furan rings is 1. The van der Waals surface area contributed by atoms with Gasteiger partial charge in [0.1, 0.15) is 5.76 Å². The molecule has 0 aromatic carbocycles. The van der Waals surface area contributed by atoms with Crippen molar-refractivity contribution in [3.8, 4) is 0 Å². The predicted molar refractivity (Wildman–Crippen MR) is 56.2 cm³/mol. The summed E-state index contributed by atoms with van der Waals surface area (Å²) in [6, 6.07) is 4.86. The highest BCUT2D eigenvalue weighted by molar-refractivity contribution is 5.03. The Labute approximate surface area is 84.9 Å². The van der Waals surface area contributed by atoms with Crippen LogP contribution in [0.25, 0.3) is 0 Å². The van der Waals surface area contributed by atoms with E-state index in [1.54, 1.807) is 6.26 Å². The molecule has 2 rings (SSSR count). The van der Waals surface area contributed by atoms with Gasteiger partial charge in [0.25, 0.3) is 0 Å². The van der Waals surface area contributed by atoms with Gasteiger partial charge in [0.05, 0.1) is 12.3 Å². The third-order valence-electron chi connectivity index (χ3n) is 2.75. The molecule has 3 nitrogen and oxygen atoms in total. The highest BCUT2D eigenvalue weighted by Crippen LogP contribution is 2.14. The maximum atomic E-state index is 5.35. The Balaban J connectivity index is 1.84. The lowest BCUT2D eigenvalue weighted by Crippen LogP contribution is -2.43. The number of piperidine rings is 1. The molecule has 1 aliphatic rings. The van der Waals surface area contributed by atoms with Gasteiger partial charge in [-0.2, -0.15) is 0 Å². The summed E-state index contributed by atoms with van der Waals surface area (Å²) in [7, 11) is 0. The SMILES string of the molecule is C[C@H](NC1CCCNC1)c1ccco1. The summed E-state index contributed by atoms with van der Waals surface area (Å²) in [6.45, 7) is 4.38. The molecule has 2 N–H and O–H groups in total. The average molecular weight is 194 g/mol. The van der Waals surface area contributed by atoms with E-state index in [0.29, 0.717) is 12.1 Å². The molecular weight excluding hydrogens is 176 g/mol. The van der Waals surface area contributed by atoms with Crippen molar-refractivity contribution in [2.24, 2.45) is 0 Å². The molecule has 1 fully saturated rings. The van der Waals surface area contributed by atoms with Crippen molar-refractivity contribution in [1.82, 2.24) is 10.6 Å². The van der Waals surface area contributed by atoms with Gasteiger partial charge in [-0.15, -0.1) is 0 Å². The van der Waals surface area contributed by atoms with Crippen molar-refractivity contribution in [3.05, 3.63) is 24.2 Å². The Morgan fingerprint density at radius 2 is 2.57 bits per heavy atom. The van der Waals surface area contributed by atoms with Crippen molar-refractivity contribution in [3.63, 3.8) is 0 Å². The van der Waals surface area contributed by atoms with Crippen LogP contribution in [-0.4, -0.2) is 19.1 Å². The summed E-state index contributed by atoms with van der Waals surface area (Å²) in [5.74, 6) is 1.02. The van der Waals surface area contributed by atoms with Gasteiger partial charge in [-0.25, -0.2) is 0 Å². The van der Waals surface area contributed by atoms with Crippen molar-refractivity contribution < 1.29 is 4.42 Å². The molecule has 14 heavy (non-hydrogen) atoms. The first kappa shape index (κ1) is 9.74. The maximum Gasteiger partial charge on any atom is 0.120 e. The van der Waals surface area contributed by atoms with Gasteiger partial charge in [0.15, 0.2) is 0 Å². The first-order valence-electron chi connectivity index (χ1n) is 5.36. The van der Waals surface area contributed by atoms with Crippen LogP contribution in [0.1, 0.15) is 31.6 Å². The number of hydrogen-bond donors (Lipinski definition) is 2. The summed E-state index contributed by atoms with van der Waals surface area (Å²) in [6.07, 6.45) is 4.26. The molecule has 1 saturated heterocycles. The summed E-state index contributed by atoms with van der Waals surface area (Å²) >= 11 is 0. The summed E-state index contributed by atoms with van der Waals surface area (Å²) in [4.78, 5) is 0. The van der Waals surface area contributed by atoms with Crippen LogP contribution >= 0.6 is 0 Å². The van der Waals surface area contributed by atoms with Crippen LogP contribution < -0.4 is 10.6 Å². The minimum atomic E-state index is 0.315. The number of nitrogens with one attached hydrogen (secondary N) is 2. The molecule has 0 saturated carbocycles. The fraction of sp³-hybridized carbons (Fsp3) is 0.636. The quantitative estimate of drug-likeness (QED) is 0.768. The topological polar surface area (TPSA) is 37.2 Å².